The van der Waals surface area contributed by atoms with Gasteiger partial charge in [0.15, 0.2) is 0 Å². The summed E-state index contributed by atoms with van der Waals surface area (Å²) in [6.45, 7) is 4.10. The lowest BCUT2D eigenvalue weighted by Gasteiger charge is -2.11. The van der Waals surface area contributed by atoms with Crippen molar-refractivity contribution in [3.63, 3.8) is 0 Å². The molecule has 9 heteroatoms. The molecule has 214 valence electrons. The lowest BCUT2D eigenvalue weighted by atomic mass is 10.0. The Labute approximate surface area is 224 Å². The summed E-state index contributed by atoms with van der Waals surface area (Å²) in [5.74, 6) is 0.184. The Bertz CT molecular complexity index is 815. The van der Waals surface area contributed by atoms with Crippen LogP contribution in [0.4, 0.5) is 5.82 Å². The molecular formula is C28H52N3O5P. The first kappa shape index (κ1) is 33.6. The number of nitrogen functional groups attached to an aromatic ring is 1. The first-order valence-electron chi connectivity index (χ1n) is 14.5. The summed E-state index contributed by atoms with van der Waals surface area (Å²) in [6.07, 6.45) is 24.9. The number of nitrogens with two attached hydrogens (primary N) is 1. The highest BCUT2D eigenvalue weighted by molar-refractivity contribution is 7.52. The van der Waals surface area contributed by atoms with Gasteiger partial charge < -0.3 is 19.9 Å². The molecule has 0 radical (unpaired) electrons. The minimum atomic E-state index is -3.62. The maximum atomic E-state index is 12.1. The van der Waals surface area contributed by atoms with Crippen LogP contribution in [0.2, 0.25) is 0 Å². The van der Waals surface area contributed by atoms with Crippen molar-refractivity contribution in [3.8, 4) is 0 Å². The van der Waals surface area contributed by atoms with Gasteiger partial charge in [-0.2, -0.15) is 4.98 Å². The Kier molecular flexibility index (Phi) is 20.4. The minimum absolute atomic E-state index is 0.0400. The third-order valence-corrected chi connectivity index (χ3v) is 7.72. The summed E-state index contributed by atoms with van der Waals surface area (Å²) in [5.41, 5.74) is 5.03. The van der Waals surface area contributed by atoms with Gasteiger partial charge in [0.25, 0.3) is 0 Å². The second kappa shape index (κ2) is 22.5. The molecule has 1 heterocycles. The number of hydrogen-bond acceptors (Lipinski definition) is 6. The predicted octanol–water partition coefficient (Wildman–Crippen LogP) is 6.86. The third-order valence-electron chi connectivity index (χ3n) is 6.31. The van der Waals surface area contributed by atoms with Gasteiger partial charge in [0.1, 0.15) is 5.82 Å². The van der Waals surface area contributed by atoms with Gasteiger partial charge in [-0.05, 0) is 25.3 Å². The van der Waals surface area contributed by atoms with E-state index in [-0.39, 0.29) is 18.6 Å². The molecule has 37 heavy (non-hydrogen) atoms. The van der Waals surface area contributed by atoms with E-state index in [4.69, 9.17) is 15.0 Å². The zero-order valence-corrected chi connectivity index (χ0v) is 24.1. The van der Waals surface area contributed by atoms with Gasteiger partial charge in [-0.15, -0.1) is 0 Å². The largest absolute Gasteiger partial charge is 0.383 e. The van der Waals surface area contributed by atoms with Crippen LogP contribution in [0.25, 0.3) is 0 Å². The fourth-order valence-corrected chi connectivity index (χ4v) is 5.08. The van der Waals surface area contributed by atoms with E-state index in [1.807, 2.05) is 0 Å². The minimum Gasteiger partial charge on any atom is -0.383 e. The van der Waals surface area contributed by atoms with Crippen LogP contribution in [-0.2, 0) is 20.4 Å². The second-order valence-electron chi connectivity index (χ2n) is 9.80. The summed E-state index contributed by atoms with van der Waals surface area (Å²) in [6, 6.07) is 1.55. The first-order valence-corrected chi connectivity index (χ1v) is 16.2. The van der Waals surface area contributed by atoms with Crippen molar-refractivity contribution in [1.29, 1.82) is 0 Å². The van der Waals surface area contributed by atoms with Crippen molar-refractivity contribution in [1.82, 2.24) is 9.55 Å². The number of unbranched alkanes of at least 4 members (excludes halogenated alkanes) is 13. The fraction of sp³-hybridized carbons (Fsp3) is 0.786. The van der Waals surface area contributed by atoms with Crippen molar-refractivity contribution in [2.45, 2.75) is 116 Å². The summed E-state index contributed by atoms with van der Waals surface area (Å²) in [5, 5.41) is 0. The van der Waals surface area contributed by atoms with Gasteiger partial charge in [-0.25, -0.2) is 4.79 Å². The van der Waals surface area contributed by atoms with Crippen LogP contribution in [0.3, 0.4) is 0 Å². The van der Waals surface area contributed by atoms with Crippen molar-refractivity contribution >= 4 is 13.4 Å². The van der Waals surface area contributed by atoms with Crippen LogP contribution in [0.1, 0.15) is 110 Å². The number of nitrogens with zero attached hydrogens (tertiary/aromatic N) is 2. The number of hydrogen-bond donors (Lipinski definition) is 2. The average molecular weight is 542 g/mol. The third kappa shape index (κ3) is 20.2. The predicted molar refractivity (Wildman–Crippen MR) is 153 cm³/mol. The SMILES string of the molecule is CCCCCCCCCCCCCCCCOCCCOP(=O)(O)CC/C=C\Cn1ccc(N)nc1=O. The summed E-state index contributed by atoms with van der Waals surface area (Å²) in [7, 11) is -3.62. The highest BCUT2D eigenvalue weighted by atomic mass is 31.2. The van der Waals surface area contributed by atoms with E-state index < -0.39 is 13.3 Å². The number of ether oxygens (including phenoxy) is 1. The average Bonchev–Trinajstić information content (AvgIpc) is 2.86. The molecule has 1 unspecified atom stereocenters. The quantitative estimate of drug-likeness (QED) is 0.0789. The van der Waals surface area contributed by atoms with Gasteiger partial charge in [-0.1, -0.05) is 103 Å². The van der Waals surface area contributed by atoms with E-state index in [0.29, 0.717) is 26.0 Å². The zero-order valence-electron chi connectivity index (χ0n) is 23.2. The lowest BCUT2D eigenvalue weighted by Crippen LogP contribution is -2.22. The van der Waals surface area contributed by atoms with E-state index >= 15 is 0 Å². The van der Waals surface area contributed by atoms with Gasteiger partial charge >= 0.3 is 13.3 Å². The molecule has 0 saturated carbocycles. The molecule has 1 atom stereocenters. The summed E-state index contributed by atoms with van der Waals surface area (Å²) < 4.78 is 24.3. The van der Waals surface area contributed by atoms with Crippen LogP contribution in [0.5, 0.6) is 0 Å². The van der Waals surface area contributed by atoms with E-state index in [0.717, 1.165) is 13.0 Å². The van der Waals surface area contributed by atoms with E-state index in [2.05, 4.69) is 11.9 Å². The highest BCUT2D eigenvalue weighted by Crippen LogP contribution is 2.42. The molecule has 0 aliphatic carbocycles. The molecule has 8 nitrogen and oxygen atoms in total. The van der Waals surface area contributed by atoms with E-state index in [9.17, 15) is 14.3 Å². The maximum Gasteiger partial charge on any atom is 0.349 e. The number of anilines is 1. The number of aromatic nitrogens is 2. The first-order chi connectivity index (χ1) is 17.9. The Morgan fingerprint density at radius 1 is 0.892 bits per heavy atom. The maximum absolute atomic E-state index is 12.1. The van der Waals surface area contributed by atoms with Crippen molar-refractivity contribution in [2.75, 3.05) is 31.7 Å². The molecule has 1 aromatic rings. The monoisotopic (exact) mass is 541 g/mol. The van der Waals surface area contributed by atoms with E-state index in [1.165, 1.54) is 88.0 Å². The molecule has 0 bridgehead atoms. The zero-order chi connectivity index (χ0) is 27.0. The molecule has 0 fully saturated rings. The topological polar surface area (TPSA) is 117 Å². The van der Waals surface area contributed by atoms with Gasteiger partial charge in [-0.3, -0.25) is 9.13 Å². The fourth-order valence-electron chi connectivity index (χ4n) is 4.06. The standard InChI is InChI=1S/C28H52N3O5P/c1-2-3-4-5-6-7-8-9-10-11-12-13-14-17-23-35-24-19-25-36-37(33,34)26-18-15-16-21-31-22-20-27(29)30-28(31)32/h15-16,20,22H,2-14,17-19,21,23-26H2,1H3,(H,33,34)(H2,29,30,32)/b16-15-. The molecule has 3 N–H and O–H groups in total. The van der Waals surface area contributed by atoms with Crippen molar-refractivity contribution in [3.05, 3.63) is 34.9 Å². The van der Waals surface area contributed by atoms with Gasteiger partial charge in [0.05, 0.1) is 12.8 Å². The van der Waals surface area contributed by atoms with Crippen LogP contribution in [0.15, 0.2) is 29.2 Å². The highest BCUT2D eigenvalue weighted by Gasteiger charge is 2.17. The normalized spacial score (nSPS) is 13.4. The van der Waals surface area contributed by atoms with Gasteiger partial charge in [0.2, 0.25) is 0 Å². The molecule has 0 aliphatic heterocycles. The van der Waals surface area contributed by atoms with Crippen molar-refractivity contribution < 1.29 is 18.7 Å². The smallest absolute Gasteiger partial charge is 0.349 e. The second-order valence-corrected chi connectivity index (χ2v) is 11.8. The van der Waals surface area contributed by atoms with Crippen LogP contribution in [0, 0.1) is 0 Å². The Morgan fingerprint density at radius 2 is 1.46 bits per heavy atom. The van der Waals surface area contributed by atoms with Crippen molar-refractivity contribution in [2.24, 2.45) is 0 Å². The summed E-state index contributed by atoms with van der Waals surface area (Å²) >= 11 is 0. The number of allylic oxidation sites excluding steroid dienone is 2. The molecule has 1 aromatic heterocycles. The Hall–Kier alpha value is -1.47. The molecular weight excluding hydrogens is 489 g/mol. The van der Waals surface area contributed by atoms with Crippen LogP contribution < -0.4 is 11.4 Å². The molecule has 0 spiro atoms. The van der Waals surface area contributed by atoms with E-state index in [1.54, 1.807) is 24.4 Å². The van der Waals surface area contributed by atoms with Gasteiger partial charge in [0, 0.05) is 26.0 Å². The lowest BCUT2D eigenvalue weighted by molar-refractivity contribution is 0.113. The Morgan fingerprint density at radius 3 is 2.05 bits per heavy atom. The molecule has 0 aromatic carbocycles. The van der Waals surface area contributed by atoms with Crippen LogP contribution in [-0.4, -0.2) is 40.4 Å². The molecule has 0 aliphatic rings. The number of rotatable bonds is 25. The van der Waals surface area contributed by atoms with Crippen LogP contribution >= 0.6 is 7.60 Å². The Balaban J connectivity index is 1.87. The summed E-state index contributed by atoms with van der Waals surface area (Å²) in [4.78, 5) is 25.2. The molecule has 1 rings (SSSR count). The molecule has 0 saturated heterocycles. The molecule has 0 amide bonds.